The molecule has 5 heteroatoms. The van der Waals surface area contributed by atoms with Gasteiger partial charge in [-0.25, -0.2) is 0 Å². The molecule has 2 aliphatic carbocycles. The lowest BCUT2D eigenvalue weighted by atomic mass is 9.69. The Balaban J connectivity index is 1.52. The Hall–Kier alpha value is -1.20. The van der Waals surface area contributed by atoms with Crippen molar-refractivity contribution >= 4 is 21.7 Å². The number of hydrogen-bond donors (Lipinski definition) is 0. The zero-order valence-electron chi connectivity index (χ0n) is 15.8. The van der Waals surface area contributed by atoms with Crippen molar-refractivity contribution in [3.05, 3.63) is 41.9 Å². The van der Waals surface area contributed by atoms with E-state index in [-0.39, 0.29) is 18.1 Å². The minimum Gasteiger partial charge on any atom is -0.371 e. The molecule has 144 valence electrons. The van der Waals surface area contributed by atoms with E-state index in [4.69, 9.17) is 4.74 Å². The van der Waals surface area contributed by atoms with Crippen molar-refractivity contribution in [1.82, 2.24) is 9.88 Å². The molecule has 4 nitrogen and oxygen atoms in total. The number of nitrogens with zero attached hydrogens (tertiary/aromatic N) is 2. The van der Waals surface area contributed by atoms with Gasteiger partial charge >= 0.3 is 0 Å². The highest BCUT2D eigenvalue weighted by atomic mass is 79.9. The third kappa shape index (κ3) is 3.17. The van der Waals surface area contributed by atoms with Crippen LogP contribution in [-0.4, -0.2) is 44.8 Å². The fourth-order valence-electron chi connectivity index (χ4n) is 5.77. The van der Waals surface area contributed by atoms with Crippen molar-refractivity contribution in [2.45, 2.75) is 74.6 Å². The molecule has 1 aromatic heterocycles. The fourth-order valence-corrected chi connectivity index (χ4v) is 6.42. The molecule has 0 spiro atoms. The van der Waals surface area contributed by atoms with Gasteiger partial charge in [-0.3, -0.25) is 9.78 Å². The maximum atomic E-state index is 13.4. The maximum Gasteiger partial charge on any atom is 0.165 e. The van der Waals surface area contributed by atoms with Gasteiger partial charge < -0.3 is 9.64 Å². The number of rotatable bonds is 2. The van der Waals surface area contributed by atoms with Crippen LogP contribution in [0.15, 0.2) is 36.3 Å². The van der Waals surface area contributed by atoms with Gasteiger partial charge in [0.15, 0.2) is 5.78 Å². The number of ether oxygens (including phenoxy) is 1. The number of fused-ring (bicyclic) bond motifs is 2. The number of carbonyl (C=O) groups excluding carboxylic acids is 1. The summed E-state index contributed by atoms with van der Waals surface area (Å²) in [6.45, 7) is 2.28. The molecule has 1 aromatic rings. The molecule has 5 rings (SSSR count). The van der Waals surface area contributed by atoms with Gasteiger partial charge in [0, 0.05) is 41.3 Å². The summed E-state index contributed by atoms with van der Waals surface area (Å²) in [6, 6.07) is 4.63. The number of alkyl halides is 1. The maximum absolute atomic E-state index is 13.4. The van der Waals surface area contributed by atoms with Gasteiger partial charge in [0.05, 0.1) is 24.3 Å². The first-order chi connectivity index (χ1) is 13.1. The Morgan fingerprint density at radius 1 is 1.26 bits per heavy atom. The number of aromatic nitrogens is 1. The average molecular weight is 431 g/mol. The Labute approximate surface area is 169 Å². The van der Waals surface area contributed by atoms with E-state index in [9.17, 15) is 4.79 Å². The molecule has 1 saturated heterocycles. The minimum absolute atomic E-state index is 0.0760. The van der Waals surface area contributed by atoms with E-state index in [2.05, 4.69) is 45.0 Å². The smallest absolute Gasteiger partial charge is 0.165 e. The van der Waals surface area contributed by atoms with Gasteiger partial charge in [-0.1, -0.05) is 28.9 Å². The third-order valence-corrected chi connectivity index (χ3v) is 7.76. The molecule has 27 heavy (non-hydrogen) atoms. The van der Waals surface area contributed by atoms with E-state index in [1.165, 1.54) is 6.42 Å². The molecule has 0 aromatic carbocycles. The normalized spacial score (nSPS) is 40.8. The summed E-state index contributed by atoms with van der Waals surface area (Å²) in [4.78, 5) is 20.7. The lowest BCUT2D eigenvalue weighted by Crippen LogP contribution is -2.67. The van der Waals surface area contributed by atoms with Gasteiger partial charge in [0.2, 0.25) is 0 Å². The Morgan fingerprint density at radius 3 is 2.96 bits per heavy atom. The number of pyridine rings is 1. The fraction of sp³-hybridized carbons (Fsp3) is 0.636. The molecule has 2 aliphatic heterocycles. The standard InChI is InChI=1S/C22H27BrN2O2/c1-13-7-17-21-20(8-13)27-19-5-4-16(23)10-18(19)25(21)12-15(22(17)26)9-14-3-2-6-24-11-14/h2-3,6,11-13,16-21H,4-5,7-10H2,1H3. The third-order valence-electron chi connectivity index (χ3n) is 6.93. The van der Waals surface area contributed by atoms with E-state index < -0.39 is 0 Å². The number of morpholine rings is 1. The highest BCUT2D eigenvalue weighted by molar-refractivity contribution is 9.09. The molecule has 7 atom stereocenters. The predicted molar refractivity (Wildman–Crippen MR) is 108 cm³/mol. The summed E-state index contributed by atoms with van der Waals surface area (Å²) in [5.41, 5.74) is 2.07. The first-order valence-corrected chi connectivity index (χ1v) is 11.2. The zero-order chi connectivity index (χ0) is 18.5. The Bertz CT molecular complexity index is 752. The van der Waals surface area contributed by atoms with Gasteiger partial charge in [-0.05, 0) is 49.7 Å². The molecular weight excluding hydrogens is 404 g/mol. The molecule has 0 N–H and O–H groups in total. The van der Waals surface area contributed by atoms with Gasteiger partial charge in [-0.15, -0.1) is 0 Å². The summed E-state index contributed by atoms with van der Waals surface area (Å²) in [6.07, 6.45) is 12.5. The van der Waals surface area contributed by atoms with Gasteiger partial charge in [0.1, 0.15) is 0 Å². The van der Waals surface area contributed by atoms with Crippen LogP contribution in [0.1, 0.15) is 44.6 Å². The molecular formula is C22H27BrN2O2. The summed E-state index contributed by atoms with van der Waals surface area (Å²) in [5.74, 6) is 0.959. The van der Waals surface area contributed by atoms with E-state index in [1.54, 1.807) is 6.20 Å². The van der Waals surface area contributed by atoms with Crippen LogP contribution in [0.5, 0.6) is 0 Å². The van der Waals surface area contributed by atoms with Crippen molar-refractivity contribution < 1.29 is 9.53 Å². The number of ketones is 1. The lowest BCUT2D eigenvalue weighted by Gasteiger charge is -2.58. The summed E-state index contributed by atoms with van der Waals surface area (Å²) < 4.78 is 6.60. The van der Waals surface area contributed by atoms with Crippen LogP contribution in [0.2, 0.25) is 0 Å². The van der Waals surface area contributed by atoms with E-state index in [0.29, 0.717) is 35.1 Å². The van der Waals surface area contributed by atoms with Crippen molar-refractivity contribution in [3.8, 4) is 0 Å². The Kier molecular flexibility index (Phi) is 4.63. The molecule has 0 bridgehead atoms. The minimum atomic E-state index is 0.0760. The number of halogens is 1. The summed E-state index contributed by atoms with van der Waals surface area (Å²) >= 11 is 3.84. The highest BCUT2D eigenvalue weighted by Crippen LogP contribution is 2.47. The monoisotopic (exact) mass is 430 g/mol. The van der Waals surface area contributed by atoms with Crippen molar-refractivity contribution in [3.63, 3.8) is 0 Å². The number of hydrogen-bond acceptors (Lipinski definition) is 4. The van der Waals surface area contributed by atoms with Gasteiger partial charge in [0.25, 0.3) is 0 Å². The van der Waals surface area contributed by atoms with Crippen LogP contribution < -0.4 is 0 Å². The van der Waals surface area contributed by atoms with Crippen LogP contribution in [-0.2, 0) is 16.0 Å². The van der Waals surface area contributed by atoms with Crippen LogP contribution in [0.4, 0.5) is 0 Å². The van der Waals surface area contributed by atoms with Crippen molar-refractivity contribution in [2.75, 3.05) is 0 Å². The molecule has 0 amide bonds. The number of Topliss-reactive ketones (excluding diaryl/α,β-unsaturated/α-hetero) is 1. The average Bonchev–Trinajstić information content (AvgIpc) is 2.66. The molecule has 7 unspecified atom stereocenters. The first kappa shape index (κ1) is 17.9. The second-order valence-electron chi connectivity index (χ2n) is 8.87. The molecule has 3 fully saturated rings. The van der Waals surface area contributed by atoms with Crippen LogP contribution in [0, 0.1) is 11.8 Å². The largest absolute Gasteiger partial charge is 0.371 e. The molecule has 0 radical (unpaired) electrons. The lowest BCUT2D eigenvalue weighted by molar-refractivity contribution is -0.185. The van der Waals surface area contributed by atoms with Crippen molar-refractivity contribution in [1.29, 1.82) is 0 Å². The first-order valence-electron chi connectivity index (χ1n) is 10.3. The van der Waals surface area contributed by atoms with Crippen LogP contribution >= 0.6 is 15.9 Å². The molecule has 2 saturated carbocycles. The Morgan fingerprint density at radius 2 is 2.15 bits per heavy atom. The van der Waals surface area contributed by atoms with E-state index >= 15 is 0 Å². The summed E-state index contributed by atoms with van der Waals surface area (Å²) in [7, 11) is 0. The second-order valence-corrected chi connectivity index (χ2v) is 10.2. The topological polar surface area (TPSA) is 42.4 Å². The van der Waals surface area contributed by atoms with E-state index in [0.717, 1.165) is 36.8 Å². The number of carbonyl (C=O) groups is 1. The summed E-state index contributed by atoms with van der Waals surface area (Å²) in [5, 5.41) is 0. The molecule has 3 heterocycles. The van der Waals surface area contributed by atoms with Crippen LogP contribution in [0.25, 0.3) is 0 Å². The number of allylic oxidation sites excluding steroid dienone is 1. The molecule has 4 aliphatic rings. The quantitative estimate of drug-likeness (QED) is 0.667. The van der Waals surface area contributed by atoms with Crippen molar-refractivity contribution in [2.24, 2.45) is 11.8 Å². The predicted octanol–water partition coefficient (Wildman–Crippen LogP) is 3.89. The van der Waals surface area contributed by atoms with Gasteiger partial charge in [-0.2, -0.15) is 0 Å². The zero-order valence-corrected chi connectivity index (χ0v) is 17.3. The highest BCUT2D eigenvalue weighted by Gasteiger charge is 2.53. The SMILES string of the molecule is CC1CC2OC3CCC(Br)CC3N3C=C(Cc4cccnc4)C(=O)C(C1)C23. The van der Waals surface area contributed by atoms with Crippen LogP contribution in [0.3, 0.4) is 0 Å². The second kappa shape index (κ2) is 7.00. The van der Waals surface area contributed by atoms with E-state index in [1.807, 2.05) is 12.3 Å².